The summed E-state index contributed by atoms with van der Waals surface area (Å²) in [5, 5.41) is 9.68. The Kier molecular flexibility index (Phi) is 60.5. The van der Waals surface area contributed by atoms with E-state index in [0.29, 0.717) is 12.8 Å². The van der Waals surface area contributed by atoms with Crippen LogP contribution in [0.15, 0.2) is 170 Å². The SMILES string of the molecule is CC/C=C\C/C=C\C/C=C\C/C=C\C/C=C\C/C=C\C/C=C\CCCCCCCCCCCCCC(=O)OC(CO)COC(=O)CCCCCCCCC/C=C\C/C=C\C/C=C\C/C=C\C/C=C\C/C=C\C/C=C\CC. The van der Waals surface area contributed by atoms with E-state index in [-0.39, 0.29) is 25.2 Å². The summed E-state index contributed by atoms with van der Waals surface area (Å²) in [7, 11) is 0. The Hall–Kier alpha value is -4.74. The summed E-state index contributed by atoms with van der Waals surface area (Å²) in [4.78, 5) is 24.6. The summed E-state index contributed by atoms with van der Waals surface area (Å²) in [6, 6.07) is 0. The molecule has 0 aromatic heterocycles. The number of rotatable bonds is 54. The molecule has 0 aliphatic carbocycles. The van der Waals surface area contributed by atoms with Crippen molar-refractivity contribution in [2.24, 2.45) is 0 Å². The molecule has 0 heterocycles. The largest absolute Gasteiger partial charge is 0.462 e. The predicted molar refractivity (Wildman–Crippen MR) is 333 cm³/mol. The topological polar surface area (TPSA) is 72.8 Å². The van der Waals surface area contributed by atoms with E-state index in [1.54, 1.807) is 0 Å². The van der Waals surface area contributed by atoms with E-state index in [4.69, 9.17) is 9.47 Å². The van der Waals surface area contributed by atoms with Crippen LogP contribution in [0, 0.1) is 0 Å². The van der Waals surface area contributed by atoms with Crippen LogP contribution in [0.5, 0.6) is 0 Å². The Balaban J connectivity index is 3.60. The minimum absolute atomic E-state index is 0.0836. The zero-order chi connectivity index (χ0) is 54.8. The molecule has 0 bridgehead atoms. The standard InChI is InChI=1S/C71H112O5/c1-3-5-7-9-11-13-15-17-19-21-23-25-27-29-31-33-34-35-36-38-40-42-44-46-48-50-52-54-56-58-60-62-64-66-71(74)76-69(67-72)68-75-70(73)65-63-61-59-57-55-53-51-49-47-45-43-41-39-37-32-30-28-26-24-22-20-18-16-14-12-10-8-6-4-2/h5-8,11-14,17-20,23-26,29-32,34-35,38-41,45,47,69,72H,3-4,9-10,15-16,21-22,27-28,33,36-37,42-44,46,48-68H2,1-2H3/b7-5-,8-6-,13-11-,14-12-,19-17-,20-18-,25-23-,26-24-,31-29-,32-30-,35-34-,40-38-,41-39-,47-45-. The highest BCUT2D eigenvalue weighted by molar-refractivity contribution is 5.70. The fourth-order valence-corrected chi connectivity index (χ4v) is 7.99. The van der Waals surface area contributed by atoms with Gasteiger partial charge in [0.05, 0.1) is 6.61 Å². The Morgan fingerprint density at radius 1 is 0.303 bits per heavy atom. The summed E-state index contributed by atoms with van der Waals surface area (Å²) in [6.07, 6.45) is 100. The number of carbonyl (C=O) groups is 2. The number of ether oxygens (including phenoxy) is 2. The summed E-state index contributed by atoms with van der Waals surface area (Å²) in [5.41, 5.74) is 0. The molecule has 0 aromatic rings. The molecule has 0 aliphatic rings. The van der Waals surface area contributed by atoms with Gasteiger partial charge in [-0.15, -0.1) is 0 Å². The second-order valence-electron chi connectivity index (χ2n) is 19.7. The highest BCUT2D eigenvalue weighted by atomic mass is 16.6. The van der Waals surface area contributed by atoms with Crippen LogP contribution in [-0.2, 0) is 19.1 Å². The van der Waals surface area contributed by atoms with Gasteiger partial charge in [-0.25, -0.2) is 0 Å². The maximum Gasteiger partial charge on any atom is 0.306 e. The summed E-state index contributed by atoms with van der Waals surface area (Å²) in [6.45, 7) is 3.90. The molecule has 0 amide bonds. The van der Waals surface area contributed by atoms with E-state index < -0.39 is 6.10 Å². The van der Waals surface area contributed by atoms with Gasteiger partial charge in [-0.3, -0.25) is 9.59 Å². The number of hydrogen-bond acceptors (Lipinski definition) is 5. The summed E-state index contributed by atoms with van der Waals surface area (Å²) in [5.74, 6) is -0.616. The van der Waals surface area contributed by atoms with Gasteiger partial charge in [-0.2, -0.15) is 0 Å². The number of allylic oxidation sites excluding steroid dienone is 28. The first-order valence-corrected chi connectivity index (χ1v) is 30.7. The van der Waals surface area contributed by atoms with Gasteiger partial charge in [0.1, 0.15) is 6.61 Å². The first-order chi connectivity index (χ1) is 37.6. The highest BCUT2D eigenvalue weighted by Gasteiger charge is 2.16. The molecule has 5 heteroatoms. The fraction of sp³-hybridized carbons (Fsp3) is 0.577. The number of esters is 2. The molecule has 76 heavy (non-hydrogen) atoms. The molecule has 426 valence electrons. The average Bonchev–Trinajstić information content (AvgIpc) is 3.42. The zero-order valence-corrected chi connectivity index (χ0v) is 48.7. The molecule has 1 N–H and O–H groups in total. The minimum Gasteiger partial charge on any atom is -0.462 e. The maximum atomic E-state index is 12.3. The van der Waals surface area contributed by atoms with Crippen molar-refractivity contribution in [1.29, 1.82) is 0 Å². The smallest absolute Gasteiger partial charge is 0.306 e. The van der Waals surface area contributed by atoms with E-state index in [0.717, 1.165) is 135 Å². The second kappa shape index (κ2) is 64.5. The first-order valence-electron chi connectivity index (χ1n) is 30.7. The summed E-state index contributed by atoms with van der Waals surface area (Å²) >= 11 is 0. The van der Waals surface area contributed by atoms with Crippen LogP contribution in [0.3, 0.4) is 0 Å². The lowest BCUT2D eigenvalue weighted by molar-refractivity contribution is -0.161. The molecule has 0 fully saturated rings. The van der Waals surface area contributed by atoms with Crippen LogP contribution in [-0.4, -0.2) is 36.4 Å². The van der Waals surface area contributed by atoms with Crippen molar-refractivity contribution in [2.75, 3.05) is 13.2 Å². The normalized spacial score (nSPS) is 13.5. The van der Waals surface area contributed by atoms with Gasteiger partial charge in [0.2, 0.25) is 0 Å². The molecular formula is C71H112O5. The third-order valence-corrected chi connectivity index (χ3v) is 12.5. The lowest BCUT2D eigenvalue weighted by Gasteiger charge is -2.15. The third kappa shape index (κ3) is 61.8. The Labute approximate surface area is 468 Å². The van der Waals surface area contributed by atoms with E-state index in [9.17, 15) is 14.7 Å². The lowest BCUT2D eigenvalue weighted by atomic mass is 10.0. The van der Waals surface area contributed by atoms with Gasteiger partial charge in [-0.05, 0) is 128 Å². The lowest BCUT2D eigenvalue weighted by Crippen LogP contribution is -2.28. The molecule has 1 atom stereocenters. The van der Waals surface area contributed by atoms with Crippen molar-refractivity contribution in [1.82, 2.24) is 0 Å². The Morgan fingerprint density at radius 2 is 0.526 bits per heavy atom. The average molecular weight is 1050 g/mol. The van der Waals surface area contributed by atoms with E-state index in [1.165, 1.54) is 83.5 Å². The van der Waals surface area contributed by atoms with Crippen LogP contribution in [0.2, 0.25) is 0 Å². The Bertz CT molecular complexity index is 1700. The minimum atomic E-state index is -0.793. The zero-order valence-electron chi connectivity index (χ0n) is 48.7. The van der Waals surface area contributed by atoms with Crippen molar-refractivity contribution in [3.8, 4) is 0 Å². The molecular weight excluding hydrogens is 933 g/mol. The summed E-state index contributed by atoms with van der Waals surface area (Å²) < 4.78 is 10.7. The number of hydrogen-bond donors (Lipinski definition) is 1. The van der Waals surface area contributed by atoms with E-state index in [2.05, 4.69) is 184 Å². The van der Waals surface area contributed by atoms with Crippen LogP contribution < -0.4 is 0 Å². The molecule has 5 nitrogen and oxygen atoms in total. The van der Waals surface area contributed by atoms with Crippen LogP contribution in [0.1, 0.15) is 245 Å². The Morgan fingerprint density at radius 3 is 0.789 bits per heavy atom. The van der Waals surface area contributed by atoms with Gasteiger partial charge >= 0.3 is 11.9 Å². The maximum absolute atomic E-state index is 12.3. The molecule has 0 rings (SSSR count). The van der Waals surface area contributed by atoms with Crippen LogP contribution in [0.4, 0.5) is 0 Å². The van der Waals surface area contributed by atoms with Crippen molar-refractivity contribution < 1.29 is 24.2 Å². The molecule has 0 aliphatic heterocycles. The molecule has 0 radical (unpaired) electrons. The monoisotopic (exact) mass is 1040 g/mol. The van der Waals surface area contributed by atoms with Gasteiger partial charge in [0.25, 0.3) is 0 Å². The molecule has 0 saturated carbocycles. The molecule has 0 aromatic carbocycles. The molecule has 1 unspecified atom stereocenters. The molecule has 0 spiro atoms. The van der Waals surface area contributed by atoms with Gasteiger partial charge < -0.3 is 14.6 Å². The second-order valence-corrected chi connectivity index (χ2v) is 19.7. The number of carbonyl (C=O) groups excluding carboxylic acids is 2. The number of unbranched alkanes of at least 4 members (excludes halogenated alkanes) is 18. The molecule has 0 saturated heterocycles. The van der Waals surface area contributed by atoms with Crippen molar-refractivity contribution >= 4 is 11.9 Å². The highest BCUT2D eigenvalue weighted by Crippen LogP contribution is 2.15. The first kappa shape index (κ1) is 71.3. The fourth-order valence-electron chi connectivity index (χ4n) is 7.99. The number of aliphatic hydroxyl groups excluding tert-OH is 1. The van der Waals surface area contributed by atoms with Crippen LogP contribution in [0.25, 0.3) is 0 Å². The van der Waals surface area contributed by atoms with E-state index >= 15 is 0 Å². The van der Waals surface area contributed by atoms with E-state index in [1.807, 2.05) is 0 Å². The predicted octanol–water partition coefficient (Wildman–Crippen LogP) is 21.3. The third-order valence-electron chi connectivity index (χ3n) is 12.5. The van der Waals surface area contributed by atoms with Gasteiger partial charge in [0, 0.05) is 12.8 Å². The van der Waals surface area contributed by atoms with Gasteiger partial charge in [-0.1, -0.05) is 274 Å². The van der Waals surface area contributed by atoms with Crippen molar-refractivity contribution in [2.45, 2.75) is 251 Å². The van der Waals surface area contributed by atoms with Crippen molar-refractivity contribution in [3.63, 3.8) is 0 Å². The van der Waals surface area contributed by atoms with Gasteiger partial charge in [0.15, 0.2) is 6.10 Å². The quantitative estimate of drug-likeness (QED) is 0.0373. The van der Waals surface area contributed by atoms with Crippen molar-refractivity contribution in [3.05, 3.63) is 170 Å². The van der Waals surface area contributed by atoms with Crippen LogP contribution >= 0.6 is 0 Å². The number of aliphatic hydroxyl groups is 1.